The number of anilines is 1. The Morgan fingerprint density at radius 3 is 2.65 bits per heavy atom. The minimum atomic E-state index is 0.667. The van der Waals surface area contributed by atoms with Crippen LogP contribution in [0, 0.1) is 19.8 Å². The third-order valence-electron chi connectivity index (χ3n) is 7.68. The van der Waals surface area contributed by atoms with E-state index in [1.165, 1.54) is 32.1 Å². The lowest BCUT2D eigenvalue weighted by molar-refractivity contribution is 0.357. The topological polar surface area (TPSA) is 113 Å². The molecular formula is C34H41N9. The molecule has 0 radical (unpaired) electrons. The molecule has 3 N–H and O–H groups in total. The second-order valence-electron chi connectivity index (χ2n) is 10.9. The summed E-state index contributed by atoms with van der Waals surface area (Å²) >= 11 is 0. The van der Waals surface area contributed by atoms with Gasteiger partial charge in [-0.05, 0) is 44.4 Å². The number of hydrogen-bond donors (Lipinski definition) is 3. The lowest BCUT2D eigenvalue weighted by Gasteiger charge is -2.22. The Morgan fingerprint density at radius 1 is 1.09 bits per heavy atom. The van der Waals surface area contributed by atoms with Crippen molar-refractivity contribution in [2.45, 2.75) is 66.2 Å². The Balaban J connectivity index is 0.00000180. The first-order valence-electron chi connectivity index (χ1n) is 15.1. The molecule has 5 aromatic rings. The monoisotopic (exact) mass is 575 g/mol. The van der Waals surface area contributed by atoms with Gasteiger partial charge in [0.05, 0.1) is 47.0 Å². The fourth-order valence-corrected chi connectivity index (χ4v) is 5.67. The van der Waals surface area contributed by atoms with Crippen LogP contribution in [0.5, 0.6) is 0 Å². The molecule has 9 heteroatoms. The number of rotatable bonds is 9. The van der Waals surface area contributed by atoms with E-state index in [1.807, 2.05) is 63.0 Å². The van der Waals surface area contributed by atoms with Gasteiger partial charge in [-0.25, -0.2) is 9.97 Å². The zero-order valence-corrected chi connectivity index (χ0v) is 25.6. The smallest absolute Gasteiger partial charge is 0.159 e. The summed E-state index contributed by atoms with van der Waals surface area (Å²) < 4.78 is 1.95. The number of imidazole rings is 2. The van der Waals surface area contributed by atoms with Crippen LogP contribution in [-0.4, -0.2) is 39.7 Å². The minimum absolute atomic E-state index is 0.667. The molecule has 0 amide bonds. The molecule has 43 heavy (non-hydrogen) atoms. The number of aryl methyl sites for hydroxylation is 2. The highest BCUT2D eigenvalue weighted by atomic mass is 15.1. The molecule has 0 atom stereocenters. The molecule has 1 aliphatic rings. The first kappa shape index (κ1) is 29.7. The molecule has 0 spiro atoms. The predicted molar refractivity (Wildman–Crippen MR) is 175 cm³/mol. The molecule has 222 valence electrons. The van der Waals surface area contributed by atoms with Crippen molar-refractivity contribution in [1.29, 1.82) is 0 Å². The molecule has 0 aromatic carbocycles. The van der Waals surface area contributed by atoms with Crippen molar-refractivity contribution in [2.24, 2.45) is 5.92 Å². The van der Waals surface area contributed by atoms with Gasteiger partial charge in [-0.2, -0.15) is 5.10 Å². The average molecular weight is 576 g/mol. The average Bonchev–Trinajstić information content (AvgIpc) is 3.75. The number of nitrogens with zero attached hydrogens (tertiary/aromatic N) is 6. The Bertz CT molecular complexity index is 1740. The van der Waals surface area contributed by atoms with Crippen molar-refractivity contribution in [1.82, 2.24) is 39.7 Å². The Hall–Kier alpha value is -4.79. The van der Waals surface area contributed by atoms with Crippen LogP contribution in [0.25, 0.3) is 39.4 Å². The minimum Gasteiger partial charge on any atom is -0.358 e. The fraction of sp³-hybridized carbons (Fsp3) is 0.324. The van der Waals surface area contributed by atoms with E-state index in [2.05, 4.69) is 49.7 Å². The maximum atomic E-state index is 4.95. The summed E-state index contributed by atoms with van der Waals surface area (Å²) in [6.07, 6.45) is 20.5. The maximum Gasteiger partial charge on any atom is 0.159 e. The van der Waals surface area contributed by atoms with Gasteiger partial charge in [-0.3, -0.25) is 15.1 Å². The summed E-state index contributed by atoms with van der Waals surface area (Å²) in [5.74, 6) is 1.39. The summed E-state index contributed by atoms with van der Waals surface area (Å²) in [6.45, 7) is 16.1. The van der Waals surface area contributed by atoms with E-state index in [0.717, 1.165) is 74.4 Å². The summed E-state index contributed by atoms with van der Waals surface area (Å²) in [4.78, 5) is 21.9. The number of fused-ring (bicyclic) bond motifs is 1. The normalized spacial score (nSPS) is 13.9. The second kappa shape index (κ2) is 13.5. The number of aromatic amines is 2. The third-order valence-corrected chi connectivity index (χ3v) is 7.68. The first-order chi connectivity index (χ1) is 21.0. The van der Waals surface area contributed by atoms with Crippen molar-refractivity contribution in [3.8, 4) is 22.8 Å². The van der Waals surface area contributed by atoms with Crippen LogP contribution >= 0.6 is 0 Å². The van der Waals surface area contributed by atoms with Gasteiger partial charge >= 0.3 is 0 Å². The molecule has 0 saturated heterocycles. The van der Waals surface area contributed by atoms with Gasteiger partial charge in [-0.1, -0.05) is 65.2 Å². The quantitative estimate of drug-likeness (QED) is 0.153. The molecule has 6 rings (SSSR count). The van der Waals surface area contributed by atoms with Crippen LogP contribution in [0.1, 0.15) is 69.5 Å². The zero-order valence-electron chi connectivity index (χ0n) is 25.6. The molecule has 9 nitrogen and oxygen atoms in total. The summed E-state index contributed by atoms with van der Waals surface area (Å²) in [6, 6.07) is 4.10. The predicted octanol–water partition coefficient (Wildman–Crippen LogP) is 8.22. The van der Waals surface area contributed by atoms with E-state index in [-0.39, 0.29) is 0 Å². The first-order valence-corrected chi connectivity index (χ1v) is 15.1. The molecule has 0 bridgehead atoms. The highest BCUT2D eigenvalue weighted by Gasteiger charge is 2.19. The molecule has 0 unspecified atom stereocenters. The van der Waals surface area contributed by atoms with Crippen molar-refractivity contribution in [3.05, 3.63) is 91.3 Å². The highest BCUT2D eigenvalue weighted by Crippen LogP contribution is 2.32. The van der Waals surface area contributed by atoms with Crippen LogP contribution in [0.15, 0.2) is 74.3 Å². The standard InChI is InChI=1S/C32H35N9.C2H6/c1-5-9-29(41-18-21(3)35-19-41)30-22(4)37-32(38-30)31-26-14-27(34-17-28(26)39-40-31)24-13-25(16-33-15-24)36-20(2)12-23-10-7-6-8-11-23;1-2/h5,9,13-19,23,36H,1-2,6-8,10-12H2,3-4H3,(H,37,38)(H,39,40);1-2H3/b29-9+;. The Kier molecular flexibility index (Phi) is 9.29. The van der Waals surface area contributed by atoms with Gasteiger partial charge < -0.3 is 14.9 Å². The summed E-state index contributed by atoms with van der Waals surface area (Å²) in [5.41, 5.74) is 8.75. The number of nitrogens with one attached hydrogen (secondary N) is 3. The number of allylic oxidation sites excluding steroid dienone is 3. The van der Waals surface area contributed by atoms with Crippen LogP contribution in [0.3, 0.4) is 0 Å². The van der Waals surface area contributed by atoms with Gasteiger partial charge in [0.1, 0.15) is 11.4 Å². The number of aromatic nitrogens is 8. The van der Waals surface area contributed by atoms with Gasteiger partial charge in [0.15, 0.2) is 5.82 Å². The van der Waals surface area contributed by atoms with E-state index < -0.39 is 0 Å². The number of pyridine rings is 2. The van der Waals surface area contributed by atoms with Crippen molar-refractivity contribution < 1.29 is 0 Å². The van der Waals surface area contributed by atoms with Crippen molar-refractivity contribution in [2.75, 3.05) is 5.32 Å². The molecule has 1 saturated carbocycles. The fourth-order valence-electron chi connectivity index (χ4n) is 5.67. The summed E-state index contributed by atoms with van der Waals surface area (Å²) in [7, 11) is 0. The molecule has 5 aromatic heterocycles. The molecule has 0 aliphatic heterocycles. The second-order valence-corrected chi connectivity index (χ2v) is 10.9. The SMILES string of the molecule is C=C/C=C(\c1nc(-c2n[nH]c3cnc(-c4cncc(NC(=C)CC5CCCCC5)c4)cc23)[nH]c1C)n1cnc(C)c1.CC. The van der Waals surface area contributed by atoms with E-state index in [4.69, 9.17) is 9.97 Å². The molecule has 1 fully saturated rings. The molecule has 1 aliphatic carbocycles. The van der Waals surface area contributed by atoms with E-state index in [1.54, 1.807) is 18.6 Å². The van der Waals surface area contributed by atoms with Gasteiger partial charge in [0.2, 0.25) is 0 Å². The van der Waals surface area contributed by atoms with Crippen LogP contribution in [-0.2, 0) is 0 Å². The Labute approximate surface area is 253 Å². The van der Waals surface area contributed by atoms with Crippen LogP contribution in [0.4, 0.5) is 5.69 Å². The highest BCUT2D eigenvalue weighted by molar-refractivity contribution is 5.93. The van der Waals surface area contributed by atoms with Crippen molar-refractivity contribution in [3.63, 3.8) is 0 Å². The van der Waals surface area contributed by atoms with E-state index in [0.29, 0.717) is 5.82 Å². The summed E-state index contributed by atoms with van der Waals surface area (Å²) in [5, 5.41) is 12.1. The third kappa shape index (κ3) is 6.66. The molecule has 5 heterocycles. The van der Waals surface area contributed by atoms with E-state index >= 15 is 0 Å². The van der Waals surface area contributed by atoms with Gasteiger partial charge in [0, 0.05) is 34.7 Å². The van der Waals surface area contributed by atoms with Crippen molar-refractivity contribution >= 4 is 22.3 Å². The largest absolute Gasteiger partial charge is 0.358 e. The molecular weight excluding hydrogens is 534 g/mol. The number of H-pyrrole nitrogens is 2. The Morgan fingerprint density at radius 2 is 1.91 bits per heavy atom. The lowest BCUT2D eigenvalue weighted by Crippen LogP contribution is -2.10. The van der Waals surface area contributed by atoms with E-state index in [9.17, 15) is 0 Å². The van der Waals surface area contributed by atoms with Crippen LogP contribution in [0.2, 0.25) is 0 Å². The maximum absolute atomic E-state index is 4.95. The lowest BCUT2D eigenvalue weighted by atomic mass is 9.86. The van der Waals surface area contributed by atoms with Crippen LogP contribution < -0.4 is 5.32 Å². The van der Waals surface area contributed by atoms with Gasteiger partial charge in [0.25, 0.3) is 0 Å². The van der Waals surface area contributed by atoms with Gasteiger partial charge in [-0.15, -0.1) is 0 Å². The zero-order chi connectivity index (χ0) is 30.3. The number of hydrogen-bond acceptors (Lipinski definition) is 6.